The number of nitrogens with two attached hydrogens (primary N) is 1. The molecule has 1 heterocycles. The largest absolute Gasteiger partial charge is 0.368 e. The fourth-order valence-electron chi connectivity index (χ4n) is 0.883. The highest BCUT2D eigenvalue weighted by atomic mass is 32.2. The smallest absolute Gasteiger partial charge is 0.240 e. The third-order valence-electron chi connectivity index (χ3n) is 1.38. The minimum atomic E-state index is -2.34. The molecule has 1 aliphatic rings. The minimum absolute atomic E-state index is 0.0914. The van der Waals surface area contributed by atoms with E-state index in [1.54, 1.807) is 0 Å². The van der Waals surface area contributed by atoms with Gasteiger partial charge in [0, 0.05) is 12.3 Å². The van der Waals surface area contributed by atoms with Gasteiger partial charge in [-0.2, -0.15) is 8.42 Å². The Labute approximate surface area is 75.2 Å². The van der Waals surface area contributed by atoms with Gasteiger partial charge in [-0.05, 0) is 0 Å². The highest BCUT2D eigenvalue weighted by Crippen LogP contribution is 2.10. The Balaban J connectivity index is 2.97. The molecule has 0 spiro atoms. The first kappa shape index (κ1) is 9.56. The summed E-state index contributed by atoms with van der Waals surface area (Å²) in [5.41, 5.74) is 4.99. The molecular weight excluding hydrogens is 200 g/mol. The fraction of sp³-hybridized carbons (Fsp3) is 0.600. The van der Waals surface area contributed by atoms with Crippen molar-refractivity contribution in [2.45, 2.75) is 6.04 Å². The molecule has 0 bridgehead atoms. The van der Waals surface area contributed by atoms with Crippen molar-refractivity contribution in [1.29, 1.82) is 0 Å². The lowest BCUT2D eigenvalue weighted by atomic mass is 10.3. The molecule has 0 aliphatic carbocycles. The van der Waals surface area contributed by atoms with Crippen LogP contribution in [-0.2, 0) is 15.1 Å². The van der Waals surface area contributed by atoms with Gasteiger partial charge in [-0.25, -0.2) is 0 Å². The lowest BCUT2D eigenvalue weighted by molar-refractivity contribution is -0.118. The number of hydrogen-bond donors (Lipinski definition) is 2. The summed E-state index contributed by atoms with van der Waals surface area (Å²) in [5.74, 6) is -0.00556. The van der Waals surface area contributed by atoms with Crippen LogP contribution in [0.2, 0.25) is 0 Å². The van der Waals surface area contributed by atoms with Crippen LogP contribution in [-0.4, -0.2) is 36.9 Å². The van der Waals surface area contributed by atoms with Crippen molar-refractivity contribution >= 4 is 32.2 Å². The molecule has 5 nitrogen and oxygen atoms in total. The predicted octanol–water partition coefficient (Wildman–Crippen LogP) is -1.81. The standard InChI is InChI=1S/C5H8N2O3S2/c6-4(8)3-5(12(9)10)11-2-1-7-3/h3,7H,1-2H2,(H2,6,8). The second kappa shape index (κ2) is 3.92. The molecule has 1 fully saturated rings. The highest BCUT2D eigenvalue weighted by molar-refractivity contribution is 8.22. The second-order valence-electron chi connectivity index (χ2n) is 2.19. The maximum absolute atomic E-state index is 10.7. The van der Waals surface area contributed by atoms with E-state index in [1.165, 1.54) is 0 Å². The van der Waals surface area contributed by atoms with E-state index in [-0.39, 0.29) is 4.20 Å². The van der Waals surface area contributed by atoms with Crippen molar-refractivity contribution in [1.82, 2.24) is 5.32 Å². The number of carbonyl (C=O) groups excluding carboxylic acids is 1. The van der Waals surface area contributed by atoms with Crippen LogP contribution in [0.15, 0.2) is 0 Å². The highest BCUT2D eigenvalue weighted by Gasteiger charge is 2.26. The molecule has 1 atom stereocenters. The average Bonchev–Trinajstić information content (AvgIpc) is 2.04. The Kier molecular flexibility index (Phi) is 3.12. The number of amides is 1. The van der Waals surface area contributed by atoms with Crippen LogP contribution in [0.1, 0.15) is 0 Å². The molecule has 1 rings (SSSR count). The Morgan fingerprint density at radius 3 is 2.75 bits per heavy atom. The van der Waals surface area contributed by atoms with Gasteiger partial charge in [0.05, 0.1) is 0 Å². The monoisotopic (exact) mass is 208 g/mol. The van der Waals surface area contributed by atoms with Crippen molar-refractivity contribution in [2.24, 2.45) is 5.73 Å². The average molecular weight is 208 g/mol. The quantitative estimate of drug-likeness (QED) is 0.496. The molecule has 0 aromatic carbocycles. The summed E-state index contributed by atoms with van der Waals surface area (Å²) in [4.78, 5) is 10.7. The van der Waals surface area contributed by atoms with Crippen LogP contribution in [0.25, 0.3) is 0 Å². The summed E-state index contributed by atoms with van der Waals surface area (Å²) in [7, 11) is -2.34. The zero-order valence-electron chi connectivity index (χ0n) is 6.11. The molecule has 3 N–H and O–H groups in total. The number of primary amides is 1. The molecule has 0 saturated carbocycles. The molecule has 12 heavy (non-hydrogen) atoms. The van der Waals surface area contributed by atoms with E-state index >= 15 is 0 Å². The van der Waals surface area contributed by atoms with Gasteiger partial charge < -0.3 is 11.1 Å². The van der Waals surface area contributed by atoms with Gasteiger partial charge >= 0.3 is 0 Å². The minimum Gasteiger partial charge on any atom is -0.368 e. The van der Waals surface area contributed by atoms with Gasteiger partial charge in [0.2, 0.25) is 16.2 Å². The number of hydrogen-bond acceptors (Lipinski definition) is 5. The molecule has 7 heteroatoms. The van der Waals surface area contributed by atoms with Crippen LogP contribution in [0.4, 0.5) is 0 Å². The molecule has 0 aromatic heterocycles. The molecule has 1 aliphatic heterocycles. The summed E-state index contributed by atoms with van der Waals surface area (Å²) in [6, 6.07) is -0.831. The summed E-state index contributed by atoms with van der Waals surface area (Å²) < 4.78 is 21.2. The Bertz CT molecular complexity index is 314. The normalized spacial score (nSPS) is 23.7. The van der Waals surface area contributed by atoms with Crippen LogP contribution in [0.5, 0.6) is 0 Å². The van der Waals surface area contributed by atoms with Gasteiger partial charge in [-0.15, -0.1) is 11.8 Å². The summed E-state index contributed by atoms with van der Waals surface area (Å²) in [6.45, 7) is 0.596. The van der Waals surface area contributed by atoms with E-state index in [4.69, 9.17) is 5.73 Å². The first-order valence-electron chi connectivity index (χ1n) is 3.24. The number of carbonyl (C=O) groups is 1. The maximum Gasteiger partial charge on any atom is 0.240 e. The van der Waals surface area contributed by atoms with E-state index < -0.39 is 22.2 Å². The van der Waals surface area contributed by atoms with Crippen LogP contribution in [0, 0.1) is 0 Å². The molecule has 68 valence electrons. The fourth-order valence-corrected chi connectivity index (χ4v) is 2.70. The molecule has 1 amide bonds. The van der Waals surface area contributed by atoms with Gasteiger partial charge in [0.25, 0.3) is 0 Å². The van der Waals surface area contributed by atoms with Crippen LogP contribution in [0.3, 0.4) is 0 Å². The molecule has 0 radical (unpaired) electrons. The summed E-state index contributed by atoms with van der Waals surface area (Å²) >= 11 is 1.15. The Morgan fingerprint density at radius 2 is 2.33 bits per heavy atom. The maximum atomic E-state index is 10.7. The molecular formula is C5H8N2O3S2. The topological polar surface area (TPSA) is 89.3 Å². The van der Waals surface area contributed by atoms with E-state index in [2.05, 4.69) is 5.32 Å². The van der Waals surface area contributed by atoms with Crippen molar-refractivity contribution in [3.05, 3.63) is 0 Å². The summed E-state index contributed by atoms with van der Waals surface area (Å²) in [5, 5.41) is 2.72. The Morgan fingerprint density at radius 1 is 1.67 bits per heavy atom. The van der Waals surface area contributed by atoms with Gasteiger partial charge in [-0.3, -0.25) is 4.79 Å². The number of thioether (sulfide) groups is 1. The first-order valence-corrected chi connectivity index (χ1v) is 5.30. The zero-order chi connectivity index (χ0) is 9.14. The lowest BCUT2D eigenvalue weighted by Gasteiger charge is -2.19. The number of rotatable bonds is 1. The van der Waals surface area contributed by atoms with E-state index in [1.807, 2.05) is 0 Å². The van der Waals surface area contributed by atoms with Crippen molar-refractivity contribution in [2.75, 3.05) is 12.3 Å². The van der Waals surface area contributed by atoms with Crippen LogP contribution >= 0.6 is 11.8 Å². The summed E-state index contributed by atoms with van der Waals surface area (Å²) in [6.07, 6.45) is 0. The second-order valence-corrected chi connectivity index (χ2v) is 4.50. The van der Waals surface area contributed by atoms with E-state index in [0.29, 0.717) is 12.3 Å². The SMILES string of the molecule is NC(=O)C1NCCSC1=S(=O)=O. The van der Waals surface area contributed by atoms with Gasteiger partial charge in [0.15, 0.2) is 0 Å². The third kappa shape index (κ3) is 1.99. The zero-order valence-corrected chi connectivity index (χ0v) is 7.74. The predicted molar refractivity (Wildman–Crippen MR) is 47.4 cm³/mol. The molecule has 0 aromatic rings. The molecule has 1 saturated heterocycles. The van der Waals surface area contributed by atoms with Crippen molar-refractivity contribution in [3.8, 4) is 0 Å². The van der Waals surface area contributed by atoms with Crippen molar-refractivity contribution < 1.29 is 13.2 Å². The van der Waals surface area contributed by atoms with Gasteiger partial charge in [0.1, 0.15) is 10.2 Å². The molecule has 1 unspecified atom stereocenters. The number of nitrogens with one attached hydrogen (secondary N) is 1. The van der Waals surface area contributed by atoms with Crippen LogP contribution < -0.4 is 11.1 Å². The van der Waals surface area contributed by atoms with Crippen molar-refractivity contribution in [3.63, 3.8) is 0 Å². The Hall–Kier alpha value is -0.530. The van der Waals surface area contributed by atoms with Gasteiger partial charge in [-0.1, -0.05) is 0 Å². The van der Waals surface area contributed by atoms with E-state index in [0.717, 1.165) is 11.8 Å². The van der Waals surface area contributed by atoms with E-state index in [9.17, 15) is 13.2 Å². The first-order chi connectivity index (χ1) is 5.63. The third-order valence-corrected chi connectivity index (χ3v) is 3.63. The lowest BCUT2D eigenvalue weighted by Crippen LogP contribution is -2.50.